The van der Waals surface area contributed by atoms with Crippen molar-refractivity contribution in [2.45, 2.75) is 11.6 Å². The Labute approximate surface area is 175 Å². The molecule has 0 radical (unpaired) electrons. The monoisotopic (exact) mass is 426 g/mol. The van der Waals surface area contributed by atoms with Crippen LogP contribution >= 0.6 is 23.1 Å². The Morgan fingerprint density at radius 3 is 2.79 bits per heavy atom. The fourth-order valence-corrected chi connectivity index (χ4v) is 3.95. The zero-order chi connectivity index (χ0) is 20.6. The molecule has 0 atom stereocenters. The van der Waals surface area contributed by atoms with Crippen molar-refractivity contribution in [1.29, 1.82) is 5.26 Å². The molecule has 2 heterocycles. The van der Waals surface area contributed by atoms with Crippen molar-refractivity contribution in [3.63, 3.8) is 0 Å². The summed E-state index contributed by atoms with van der Waals surface area (Å²) < 4.78 is 5.13. The number of hydrogen-bond donors (Lipinski definition) is 2. The molecule has 3 rings (SSSR count). The van der Waals surface area contributed by atoms with E-state index in [1.807, 2.05) is 23.6 Å². The highest BCUT2D eigenvalue weighted by Crippen LogP contribution is 2.24. The summed E-state index contributed by atoms with van der Waals surface area (Å²) in [5, 5.41) is 14.5. The number of benzene rings is 1. The molecule has 1 aromatic carbocycles. The molecule has 2 N–H and O–H groups in total. The van der Waals surface area contributed by atoms with Crippen molar-refractivity contribution in [2.75, 3.05) is 19.4 Å². The molecule has 7 nitrogen and oxygen atoms in total. The number of carbonyl (C=O) groups excluding carboxylic acids is 1. The van der Waals surface area contributed by atoms with E-state index in [0.29, 0.717) is 17.9 Å². The van der Waals surface area contributed by atoms with Crippen LogP contribution in [0.1, 0.15) is 10.4 Å². The Kier molecular flexibility index (Phi) is 7.05. The molecule has 3 aromatic rings. The Morgan fingerprint density at radius 1 is 1.34 bits per heavy atom. The van der Waals surface area contributed by atoms with Gasteiger partial charge in [-0.3, -0.25) is 9.59 Å². The summed E-state index contributed by atoms with van der Waals surface area (Å²) in [5.74, 6) is 0.622. The van der Waals surface area contributed by atoms with Crippen LogP contribution in [0.2, 0.25) is 0 Å². The number of thioether (sulfide) groups is 1. The molecule has 0 unspecified atom stereocenters. The van der Waals surface area contributed by atoms with Crippen LogP contribution in [0.4, 0.5) is 0 Å². The van der Waals surface area contributed by atoms with Crippen LogP contribution in [0.15, 0.2) is 51.7 Å². The summed E-state index contributed by atoms with van der Waals surface area (Å²) in [6.45, 7) is 0.550. The number of carbonyl (C=O) groups is 1. The minimum atomic E-state index is -0.533. The number of methoxy groups -OCH3 is 1. The number of nitrogens with zero attached hydrogens (tertiary/aromatic N) is 2. The second-order valence-electron chi connectivity index (χ2n) is 5.90. The molecule has 0 bridgehead atoms. The number of thiophene rings is 1. The van der Waals surface area contributed by atoms with Crippen LogP contribution in [-0.4, -0.2) is 35.3 Å². The zero-order valence-corrected chi connectivity index (χ0v) is 17.2. The normalized spacial score (nSPS) is 10.3. The molecule has 2 aromatic heterocycles. The van der Waals surface area contributed by atoms with Crippen LogP contribution in [0, 0.1) is 11.3 Å². The highest BCUT2D eigenvalue weighted by molar-refractivity contribution is 7.99. The van der Waals surface area contributed by atoms with Gasteiger partial charge in [-0.15, -0.1) is 11.3 Å². The summed E-state index contributed by atoms with van der Waals surface area (Å²) in [4.78, 5) is 32.5. The Hall–Kier alpha value is -3.09. The van der Waals surface area contributed by atoms with E-state index in [2.05, 4.69) is 15.3 Å². The van der Waals surface area contributed by atoms with Crippen LogP contribution in [0.25, 0.3) is 11.3 Å². The first kappa shape index (κ1) is 20.6. The van der Waals surface area contributed by atoms with E-state index < -0.39 is 5.56 Å². The second-order valence-corrected chi connectivity index (χ2v) is 7.90. The summed E-state index contributed by atoms with van der Waals surface area (Å²) in [5.41, 5.74) is 0.295. The lowest BCUT2D eigenvalue weighted by Gasteiger charge is -2.08. The van der Waals surface area contributed by atoms with Gasteiger partial charge >= 0.3 is 0 Å². The highest BCUT2D eigenvalue weighted by atomic mass is 32.2. The van der Waals surface area contributed by atoms with Crippen LogP contribution < -0.4 is 15.6 Å². The van der Waals surface area contributed by atoms with Gasteiger partial charge in [0, 0.05) is 17.0 Å². The SMILES string of the molecule is COc1ccc(-c2nc(SCC(=O)NCCc3cccs3)[nH]c(=O)c2C#N)cc1. The van der Waals surface area contributed by atoms with Crippen molar-refractivity contribution >= 4 is 29.0 Å². The number of rotatable bonds is 8. The molecule has 0 aliphatic carbocycles. The van der Waals surface area contributed by atoms with E-state index in [-0.39, 0.29) is 28.1 Å². The topological polar surface area (TPSA) is 108 Å². The highest BCUT2D eigenvalue weighted by Gasteiger charge is 2.14. The molecule has 0 aliphatic rings. The molecule has 0 aliphatic heterocycles. The van der Waals surface area contributed by atoms with E-state index in [1.54, 1.807) is 42.7 Å². The Balaban J connectivity index is 1.67. The fraction of sp³-hybridized carbons (Fsp3) is 0.200. The van der Waals surface area contributed by atoms with Crippen LogP contribution in [0.3, 0.4) is 0 Å². The Morgan fingerprint density at radius 2 is 2.14 bits per heavy atom. The van der Waals surface area contributed by atoms with E-state index in [4.69, 9.17) is 4.74 Å². The third kappa shape index (κ3) is 5.47. The van der Waals surface area contributed by atoms with Gasteiger partial charge in [0.25, 0.3) is 5.56 Å². The van der Waals surface area contributed by atoms with Gasteiger partial charge in [0.05, 0.1) is 18.6 Å². The van der Waals surface area contributed by atoms with E-state index in [1.165, 1.54) is 4.88 Å². The molecule has 9 heteroatoms. The van der Waals surface area contributed by atoms with Gasteiger partial charge in [0.15, 0.2) is 5.16 Å². The lowest BCUT2D eigenvalue weighted by molar-refractivity contribution is -0.118. The van der Waals surface area contributed by atoms with E-state index >= 15 is 0 Å². The average molecular weight is 427 g/mol. The number of ether oxygens (including phenoxy) is 1. The number of hydrogen-bond acceptors (Lipinski definition) is 7. The fourth-order valence-electron chi connectivity index (χ4n) is 2.55. The van der Waals surface area contributed by atoms with Gasteiger partial charge < -0.3 is 15.0 Å². The summed E-state index contributed by atoms with van der Waals surface area (Å²) in [6, 6.07) is 12.8. The van der Waals surface area contributed by atoms with Gasteiger partial charge in [-0.05, 0) is 42.1 Å². The molecule has 0 spiro atoms. The Bertz CT molecular complexity index is 1070. The number of nitrogens with one attached hydrogen (secondary N) is 2. The smallest absolute Gasteiger partial charge is 0.270 e. The third-order valence-corrected chi connectivity index (χ3v) is 5.80. The molecule has 0 fully saturated rings. The minimum absolute atomic E-state index is 0.0695. The molecular formula is C20H18N4O3S2. The molecule has 0 saturated heterocycles. The number of amides is 1. The lowest BCUT2D eigenvalue weighted by atomic mass is 10.1. The van der Waals surface area contributed by atoms with Crippen molar-refractivity contribution < 1.29 is 9.53 Å². The summed E-state index contributed by atoms with van der Waals surface area (Å²) in [7, 11) is 1.56. The molecule has 1 amide bonds. The number of aromatic amines is 1. The van der Waals surface area contributed by atoms with E-state index in [9.17, 15) is 14.9 Å². The summed E-state index contributed by atoms with van der Waals surface area (Å²) in [6.07, 6.45) is 0.779. The predicted molar refractivity (Wildman–Crippen MR) is 113 cm³/mol. The van der Waals surface area contributed by atoms with Crippen LogP contribution in [-0.2, 0) is 11.2 Å². The van der Waals surface area contributed by atoms with Gasteiger partial charge in [0.1, 0.15) is 17.4 Å². The van der Waals surface area contributed by atoms with Crippen molar-refractivity contribution in [3.05, 3.63) is 62.6 Å². The number of nitriles is 1. The molecular weight excluding hydrogens is 408 g/mol. The first-order valence-electron chi connectivity index (χ1n) is 8.71. The second kappa shape index (κ2) is 9.91. The molecule has 29 heavy (non-hydrogen) atoms. The number of aromatic nitrogens is 2. The molecule has 148 valence electrons. The van der Waals surface area contributed by atoms with Gasteiger partial charge in [0.2, 0.25) is 5.91 Å². The van der Waals surface area contributed by atoms with Gasteiger partial charge in [-0.25, -0.2) is 4.98 Å². The van der Waals surface area contributed by atoms with Gasteiger partial charge in [-0.2, -0.15) is 5.26 Å². The minimum Gasteiger partial charge on any atom is -0.497 e. The predicted octanol–water partition coefficient (Wildman–Crippen LogP) is 2.83. The maximum absolute atomic E-state index is 12.3. The van der Waals surface area contributed by atoms with E-state index in [0.717, 1.165) is 18.2 Å². The average Bonchev–Trinajstić information content (AvgIpc) is 3.25. The van der Waals surface area contributed by atoms with Crippen LogP contribution in [0.5, 0.6) is 5.75 Å². The quantitative estimate of drug-likeness (QED) is 0.424. The summed E-state index contributed by atoms with van der Waals surface area (Å²) >= 11 is 2.77. The number of H-pyrrole nitrogens is 1. The third-order valence-electron chi connectivity index (χ3n) is 3.99. The molecule has 0 saturated carbocycles. The first-order chi connectivity index (χ1) is 14.1. The zero-order valence-electron chi connectivity index (χ0n) is 15.6. The standard InChI is InChI=1S/C20H18N4O3S2/c1-27-14-6-4-13(5-7-14)18-16(11-21)19(26)24-20(23-18)29-12-17(25)22-9-8-15-3-2-10-28-15/h2-7,10H,8-9,12H2,1H3,(H,22,25)(H,23,24,26). The maximum atomic E-state index is 12.3. The first-order valence-corrected chi connectivity index (χ1v) is 10.6. The van der Waals surface area contributed by atoms with Gasteiger partial charge in [-0.1, -0.05) is 17.8 Å². The van der Waals surface area contributed by atoms with Crippen molar-refractivity contribution in [2.24, 2.45) is 0 Å². The van der Waals surface area contributed by atoms with Crippen molar-refractivity contribution in [1.82, 2.24) is 15.3 Å². The largest absolute Gasteiger partial charge is 0.497 e. The maximum Gasteiger partial charge on any atom is 0.270 e. The van der Waals surface area contributed by atoms with Crippen molar-refractivity contribution in [3.8, 4) is 23.1 Å². The lowest BCUT2D eigenvalue weighted by Crippen LogP contribution is -2.27.